The molecule has 0 spiro atoms. The summed E-state index contributed by atoms with van der Waals surface area (Å²) in [6.07, 6.45) is 5.65. The van der Waals surface area contributed by atoms with E-state index in [0.717, 1.165) is 6.42 Å². The molecule has 0 radical (unpaired) electrons. The third-order valence-electron chi connectivity index (χ3n) is 1.11. The van der Waals surface area contributed by atoms with Crippen LogP contribution in [0.25, 0.3) is 0 Å². The average molecular weight is 165 g/mol. The van der Waals surface area contributed by atoms with Crippen molar-refractivity contribution in [2.45, 2.75) is 11.5 Å². The lowest BCUT2D eigenvalue weighted by atomic mass is 10.1. The molecular formula is C6H6Cl2O. The molecule has 0 saturated carbocycles. The third-order valence-corrected chi connectivity index (χ3v) is 1.98. The van der Waals surface area contributed by atoms with Crippen molar-refractivity contribution < 1.29 is 5.11 Å². The van der Waals surface area contributed by atoms with Crippen molar-refractivity contribution in [1.29, 1.82) is 0 Å². The first-order valence-electron chi connectivity index (χ1n) is 2.58. The summed E-state index contributed by atoms with van der Waals surface area (Å²) in [4.78, 5) is 0. The molecule has 0 aromatic heterocycles. The topological polar surface area (TPSA) is 20.2 Å². The van der Waals surface area contributed by atoms with Crippen LogP contribution in [-0.4, -0.2) is 10.2 Å². The highest BCUT2D eigenvalue weighted by molar-refractivity contribution is 6.39. The number of hydrogen-bond acceptors (Lipinski definition) is 1. The Morgan fingerprint density at radius 2 is 2.33 bits per heavy atom. The van der Waals surface area contributed by atoms with Gasteiger partial charge in [-0.15, -0.1) is 0 Å². The van der Waals surface area contributed by atoms with Gasteiger partial charge in [0.05, 0.1) is 5.03 Å². The van der Waals surface area contributed by atoms with E-state index in [4.69, 9.17) is 28.3 Å². The predicted octanol–water partition coefficient (Wildman–Crippen LogP) is 2.00. The zero-order chi connectivity index (χ0) is 6.91. The van der Waals surface area contributed by atoms with Gasteiger partial charge >= 0.3 is 0 Å². The van der Waals surface area contributed by atoms with Crippen LogP contribution >= 0.6 is 23.2 Å². The fourth-order valence-electron chi connectivity index (χ4n) is 0.618. The van der Waals surface area contributed by atoms with Gasteiger partial charge < -0.3 is 5.11 Å². The molecule has 0 aromatic rings. The molecule has 1 N–H and O–H groups in total. The lowest BCUT2D eigenvalue weighted by molar-refractivity contribution is 0.223. The molecule has 9 heavy (non-hydrogen) atoms. The van der Waals surface area contributed by atoms with Crippen LogP contribution in [-0.2, 0) is 0 Å². The second-order valence-electron chi connectivity index (χ2n) is 1.86. The third kappa shape index (κ3) is 1.48. The molecular weight excluding hydrogens is 159 g/mol. The summed E-state index contributed by atoms with van der Waals surface area (Å²) in [6, 6.07) is 0. The number of hydrogen-bond donors (Lipinski definition) is 1. The summed E-state index contributed by atoms with van der Waals surface area (Å²) >= 11 is 11.0. The number of halogens is 2. The molecule has 50 valence electrons. The van der Waals surface area contributed by atoms with E-state index in [2.05, 4.69) is 0 Å². The second kappa shape index (κ2) is 2.33. The Balaban J connectivity index is 2.83. The summed E-state index contributed by atoms with van der Waals surface area (Å²) in [5, 5.41) is 7.96. The monoisotopic (exact) mass is 164 g/mol. The first-order valence-corrected chi connectivity index (χ1v) is 3.33. The Bertz CT molecular complexity index is 170. The zero-order valence-electron chi connectivity index (χ0n) is 4.64. The molecule has 0 aromatic carbocycles. The maximum absolute atomic E-state index is 9.12. The van der Waals surface area contributed by atoms with Crippen molar-refractivity contribution in [3.05, 3.63) is 23.3 Å². The van der Waals surface area contributed by atoms with E-state index in [0.29, 0.717) is 0 Å². The van der Waals surface area contributed by atoms with E-state index in [1.165, 1.54) is 6.08 Å². The van der Waals surface area contributed by atoms with Gasteiger partial charge in [-0.1, -0.05) is 35.4 Å². The Labute approximate surface area is 63.6 Å². The molecule has 0 fully saturated rings. The van der Waals surface area contributed by atoms with Crippen LogP contribution in [0.5, 0.6) is 0 Å². The fraction of sp³-hybridized carbons (Fsp3) is 0.333. The summed E-state index contributed by atoms with van der Waals surface area (Å²) in [5.74, 6) is 0. The highest BCUT2D eigenvalue weighted by Crippen LogP contribution is 2.30. The van der Waals surface area contributed by atoms with Crippen LogP contribution in [0.4, 0.5) is 0 Å². The van der Waals surface area contributed by atoms with E-state index >= 15 is 0 Å². The minimum atomic E-state index is -1.44. The Kier molecular flexibility index (Phi) is 1.85. The van der Waals surface area contributed by atoms with E-state index in [1.807, 2.05) is 0 Å². The van der Waals surface area contributed by atoms with Crippen molar-refractivity contribution in [2.24, 2.45) is 0 Å². The first-order chi connectivity index (χ1) is 4.13. The van der Waals surface area contributed by atoms with E-state index in [9.17, 15) is 0 Å². The minimum Gasteiger partial charge on any atom is -0.367 e. The maximum atomic E-state index is 9.12. The lowest BCUT2D eigenvalue weighted by Gasteiger charge is -2.17. The quantitative estimate of drug-likeness (QED) is 0.429. The second-order valence-corrected chi connectivity index (χ2v) is 2.85. The molecule has 1 nitrogen and oxygen atoms in total. The Morgan fingerprint density at radius 3 is 2.67 bits per heavy atom. The number of rotatable bonds is 0. The Morgan fingerprint density at radius 1 is 1.67 bits per heavy atom. The predicted molar refractivity (Wildman–Crippen MR) is 38.5 cm³/mol. The molecule has 3 heteroatoms. The van der Waals surface area contributed by atoms with Crippen molar-refractivity contribution in [1.82, 2.24) is 0 Å². The first kappa shape index (κ1) is 7.13. The molecule has 1 unspecified atom stereocenters. The van der Waals surface area contributed by atoms with Gasteiger partial charge in [0, 0.05) is 0 Å². The highest BCUT2D eigenvalue weighted by Gasteiger charge is 2.25. The van der Waals surface area contributed by atoms with Crippen molar-refractivity contribution in [2.75, 3.05) is 0 Å². The van der Waals surface area contributed by atoms with Gasteiger partial charge in [0.2, 0.25) is 0 Å². The normalized spacial score (nSPS) is 34.3. The maximum Gasteiger partial charge on any atom is 0.193 e. The highest BCUT2D eigenvalue weighted by atomic mass is 35.5. The summed E-state index contributed by atoms with van der Waals surface area (Å²) in [7, 11) is 0. The standard InChI is InChI=1S/C6H6Cl2O/c7-5-3-1-2-4-6(5,8)9/h2-4,9H,1H2. The molecule has 1 aliphatic rings. The van der Waals surface area contributed by atoms with E-state index in [-0.39, 0.29) is 5.03 Å². The molecule has 0 bridgehead atoms. The van der Waals surface area contributed by atoms with Crippen LogP contribution in [0.3, 0.4) is 0 Å². The fourth-order valence-corrected chi connectivity index (χ4v) is 0.937. The molecule has 1 aliphatic carbocycles. The van der Waals surface area contributed by atoms with Crippen LogP contribution in [0.15, 0.2) is 23.3 Å². The van der Waals surface area contributed by atoms with Crippen molar-refractivity contribution in [3.8, 4) is 0 Å². The molecule has 0 amide bonds. The van der Waals surface area contributed by atoms with Crippen LogP contribution in [0, 0.1) is 0 Å². The van der Waals surface area contributed by atoms with E-state index in [1.54, 1.807) is 12.2 Å². The summed E-state index contributed by atoms with van der Waals surface area (Å²) in [6.45, 7) is 0. The molecule has 1 rings (SSSR count). The van der Waals surface area contributed by atoms with Crippen molar-refractivity contribution in [3.63, 3.8) is 0 Å². The smallest absolute Gasteiger partial charge is 0.193 e. The SMILES string of the molecule is OC1(Cl)C=CCC=C1Cl. The van der Waals surface area contributed by atoms with E-state index < -0.39 is 5.06 Å². The van der Waals surface area contributed by atoms with Crippen molar-refractivity contribution >= 4 is 23.2 Å². The number of aliphatic hydroxyl groups is 1. The number of alkyl halides is 1. The van der Waals surface area contributed by atoms with Crippen LogP contribution < -0.4 is 0 Å². The van der Waals surface area contributed by atoms with Gasteiger partial charge in [-0.3, -0.25) is 0 Å². The van der Waals surface area contributed by atoms with Gasteiger partial charge in [0.1, 0.15) is 0 Å². The van der Waals surface area contributed by atoms with Gasteiger partial charge in [-0.05, 0) is 12.5 Å². The number of allylic oxidation sites excluding steroid dienone is 2. The van der Waals surface area contributed by atoms with Gasteiger partial charge in [0.15, 0.2) is 5.06 Å². The largest absolute Gasteiger partial charge is 0.367 e. The molecule has 1 atom stereocenters. The average Bonchev–Trinajstić information content (AvgIpc) is 1.77. The molecule has 0 aliphatic heterocycles. The lowest BCUT2D eigenvalue weighted by Crippen LogP contribution is -2.18. The van der Waals surface area contributed by atoms with Gasteiger partial charge in [-0.25, -0.2) is 0 Å². The van der Waals surface area contributed by atoms with Crippen LogP contribution in [0.2, 0.25) is 0 Å². The Hall–Kier alpha value is 0.0200. The van der Waals surface area contributed by atoms with Gasteiger partial charge in [0.25, 0.3) is 0 Å². The minimum absolute atomic E-state index is 0.284. The summed E-state index contributed by atoms with van der Waals surface area (Å²) < 4.78 is 0. The summed E-state index contributed by atoms with van der Waals surface area (Å²) in [5.41, 5.74) is 0. The van der Waals surface area contributed by atoms with Crippen LogP contribution in [0.1, 0.15) is 6.42 Å². The molecule has 0 heterocycles. The molecule has 0 saturated heterocycles. The zero-order valence-corrected chi connectivity index (χ0v) is 6.15. The van der Waals surface area contributed by atoms with Gasteiger partial charge in [-0.2, -0.15) is 0 Å².